The van der Waals surface area contributed by atoms with Crippen LogP contribution in [0.4, 0.5) is 10.1 Å². The molecule has 0 saturated heterocycles. The Morgan fingerprint density at radius 1 is 1.00 bits per heavy atom. The highest BCUT2D eigenvalue weighted by atomic mass is 19.1. The van der Waals surface area contributed by atoms with Crippen LogP contribution in [0, 0.1) is 5.82 Å². The molecule has 0 aliphatic rings. The maximum absolute atomic E-state index is 13.0. The third-order valence-electron chi connectivity index (χ3n) is 3.38. The molecule has 2 aromatic carbocycles. The highest BCUT2D eigenvalue weighted by molar-refractivity contribution is 6.08. The van der Waals surface area contributed by atoms with Crippen molar-refractivity contribution in [2.45, 2.75) is 6.92 Å². The molecule has 0 spiro atoms. The first kappa shape index (κ1) is 19.0. The molecule has 0 aromatic heterocycles. The van der Waals surface area contributed by atoms with Crippen molar-refractivity contribution in [3.8, 4) is 11.5 Å². The molecule has 6 nitrogen and oxygen atoms in total. The number of halogens is 1. The quantitative estimate of drug-likeness (QED) is 0.779. The molecule has 2 rings (SSSR count). The van der Waals surface area contributed by atoms with Gasteiger partial charge in [0, 0.05) is 12.6 Å². The van der Waals surface area contributed by atoms with Crippen LogP contribution in [0.25, 0.3) is 6.08 Å². The molecule has 0 aliphatic heterocycles. The fraction of sp³-hybridized carbons (Fsp3) is 0.158. The van der Waals surface area contributed by atoms with E-state index < -0.39 is 17.6 Å². The molecule has 0 saturated carbocycles. The second kappa shape index (κ2) is 8.66. The van der Waals surface area contributed by atoms with Gasteiger partial charge in [0.25, 0.3) is 5.91 Å². The molecule has 2 aromatic rings. The fourth-order valence-electron chi connectivity index (χ4n) is 2.19. The van der Waals surface area contributed by atoms with Crippen LogP contribution in [0.3, 0.4) is 0 Å². The van der Waals surface area contributed by atoms with Crippen molar-refractivity contribution in [3.63, 3.8) is 0 Å². The zero-order valence-electron chi connectivity index (χ0n) is 14.6. The average molecular weight is 358 g/mol. The Bertz CT molecular complexity index is 832. The van der Waals surface area contributed by atoms with E-state index >= 15 is 0 Å². The smallest absolute Gasteiger partial charge is 0.272 e. The Morgan fingerprint density at radius 3 is 2.23 bits per heavy atom. The summed E-state index contributed by atoms with van der Waals surface area (Å²) < 4.78 is 23.4. The van der Waals surface area contributed by atoms with Crippen LogP contribution >= 0.6 is 0 Å². The second-order valence-electron chi connectivity index (χ2n) is 5.31. The van der Waals surface area contributed by atoms with Crippen molar-refractivity contribution in [2.75, 3.05) is 19.5 Å². The molecule has 0 unspecified atom stereocenters. The first-order valence-corrected chi connectivity index (χ1v) is 7.71. The summed E-state index contributed by atoms with van der Waals surface area (Å²) in [4.78, 5) is 23.9. The molecule has 0 atom stereocenters. The van der Waals surface area contributed by atoms with E-state index in [4.69, 9.17) is 9.47 Å². The topological polar surface area (TPSA) is 76.7 Å². The van der Waals surface area contributed by atoms with Gasteiger partial charge in [0.05, 0.1) is 14.2 Å². The number of methoxy groups -OCH3 is 2. The van der Waals surface area contributed by atoms with Crippen molar-refractivity contribution in [1.29, 1.82) is 0 Å². The van der Waals surface area contributed by atoms with Gasteiger partial charge in [0.2, 0.25) is 5.91 Å². The van der Waals surface area contributed by atoms with Crippen molar-refractivity contribution in [1.82, 2.24) is 5.32 Å². The van der Waals surface area contributed by atoms with E-state index in [2.05, 4.69) is 10.6 Å². The van der Waals surface area contributed by atoms with Crippen LogP contribution in [0.2, 0.25) is 0 Å². The van der Waals surface area contributed by atoms with Gasteiger partial charge >= 0.3 is 0 Å². The molecule has 0 radical (unpaired) electrons. The average Bonchev–Trinajstić information content (AvgIpc) is 2.62. The van der Waals surface area contributed by atoms with Gasteiger partial charge in [-0.25, -0.2) is 4.39 Å². The number of benzene rings is 2. The van der Waals surface area contributed by atoms with E-state index in [1.807, 2.05) is 0 Å². The van der Waals surface area contributed by atoms with Gasteiger partial charge in [0.15, 0.2) is 11.5 Å². The van der Waals surface area contributed by atoms with E-state index in [1.54, 1.807) is 18.2 Å². The Morgan fingerprint density at radius 2 is 1.65 bits per heavy atom. The molecule has 2 amide bonds. The third kappa shape index (κ3) is 5.07. The van der Waals surface area contributed by atoms with Crippen LogP contribution in [-0.4, -0.2) is 26.0 Å². The fourth-order valence-corrected chi connectivity index (χ4v) is 2.19. The molecule has 26 heavy (non-hydrogen) atoms. The highest BCUT2D eigenvalue weighted by Gasteiger charge is 2.13. The van der Waals surface area contributed by atoms with Gasteiger partial charge in [-0.3, -0.25) is 9.59 Å². The number of ether oxygens (including phenoxy) is 2. The van der Waals surface area contributed by atoms with Crippen molar-refractivity contribution in [2.24, 2.45) is 0 Å². The zero-order chi connectivity index (χ0) is 19.1. The Kier molecular flexibility index (Phi) is 6.32. The van der Waals surface area contributed by atoms with Crippen molar-refractivity contribution < 1.29 is 23.5 Å². The van der Waals surface area contributed by atoms with Gasteiger partial charge in [-0.2, -0.15) is 0 Å². The largest absolute Gasteiger partial charge is 0.493 e. The Labute approximate surface area is 150 Å². The minimum atomic E-state index is -0.540. The second-order valence-corrected chi connectivity index (χ2v) is 5.31. The lowest BCUT2D eigenvalue weighted by atomic mass is 10.1. The Balaban J connectivity index is 2.30. The summed E-state index contributed by atoms with van der Waals surface area (Å²) in [7, 11) is 3.02. The zero-order valence-corrected chi connectivity index (χ0v) is 14.6. The predicted octanol–water partition coefficient (Wildman–Crippen LogP) is 2.96. The lowest BCUT2D eigenvalue weighted by molar-refractivity contribution is -0.120. The summed E-state index contributed by atoms with van der Waals surface area (Å²) in [6, 6.07) is 10.4. The monoisotopic (exact) mass is 358 g/mol. The summed E-state index contributed by atoms with van der Waals surface area (Å²) in [6.07, 6.45) is 1.50. The summed E-state index contributed by atoms with van der Waals surface area (Å²) in [5.41, 5.74) is 1.06. The number of carbonyl (C=O) groups is 2. The van der Waals surface area contributed by atoms with Crippen LogP contribution in [-0.2, 0) is 9.59 Å². The number of anilines is 1. The number of nitrogens with one attached hydrogen (secondary N) is 2. The Hall–Kier alpha value is -3.35. The van der Waals surface area contributed by atoms with Gasteiger partial charge in [0.1, 0.15) is 11.5 Å². The minimum absolute atomic E-state index is 0.0362. The molecule has 136 valence electrons. The first-order chi connectivity index (χ1) is 12.4. The van der Waals surface area contributed by atoms with Crippen molar-refractivity contribution >= 4 is 23.6 Å². The molecule has 0 fully saturated rings. The maximum Gasteiger partial charge on any atom is 0.272 e. The highest BCUT2D eigenvalue weighted by Crippen LogP contribution is 2.28. The molecule has 0 bridgehead atoms. The van der Waals surface area contributed by atoms with Crippen LogP contribution in [0.1, 0.15) is 12.5 Å². The van der Waals surface area contributed by atoms with Crippen molar-refractivity contribution in [3.05, 3.63) is 59.5 Å². The lowest BCUT2D eigenvalue weighted by Crippen LogP contribution is -2.28. The van der Waals surface area contributed by atoms with E-state index in [0.29, 0.717) is 22.7 Å². The van der Waals surface area contributed by atoms with E-state index in [-0.39, 0.29) is 5.70 Å². The predicted molar refractivity (Wildman–Crippen MR) is 96.4 cm³/mol. The maximum atomic E-state index is 13.0. The number of hydrogen-bond acceptors (Lipinski definition) is 4. The van der Waals surface area contributed by atoms with Gasteiger partial charge < -0.3 is 20.1 Å². The van der Waals surface area contributed by atoms with Gasteiger partial charge in [-0.1, -0.05) is 6.07 Å². The summed E-state index contributed by atoms with van der Waals surface area (Å²) in [5, 5.41) is 5.09. The SMILES string of the molecule is COc1ccc(C=C(NC(C)=O)C(=O)Nc2ccc(F)cc2)cc1OC. The van der Waals surface area contributed by atoms with Gasteiger partial charge in [-0.15, -0.1) is 0 Å². The van der Waals surface area contributed by atoms with Crippen LogP contribution in [0.5, 0.6) is 11.5 Å². The first-order valence-electron chi connectivity index (χ1n) is 7.71. The summed E-state index contributed by atoms with van der Waals surface area (Å²) in [6.45, 7) is 1.30. The molecule has 7 heteroatoms. The summed E-state index contributed by atoms with van der Waals surface area (Å²) >= 11 is 0. The van der Waals surface area contributed by atoms with E-state index in [9.17, 15) is 14.0 Å². The minimum Gasteiger partial charge on any atom is -0.493 e. The van der Waals surface area contributed by atoms with E-state index in [0.717, 1.165) is 0 Å². The molecule has 0 heterocycles. The number of carbonyl (C=O) groups excluding carboxylic acids is 2. The van der Waals surface area contributed by atoms with Crippen LogP contribution in [0.15, 0.2) is 48.2 Å². The molecular weight excluding hydrogens is 339 g/mol. The normalized spacial score (nSPS) is 10.8. The molecule has 2 N–H and O–H groups in total. The number of hydrogen-bond donors (Lipinski definition) is 2. The number of amides is 2. The molecular formula is C19H19FN2O4. The summed E-state index contributed by atoms with van der Waals surface area (Å²) in [5.74, 6) is -0.317. The third-order valence-corrected chi connectivity index (χ3v) is 3.38. The van der Waals surface area contributed by atoms with Crippen LogP contribution < -0.4 is 20.1 Å². The van der Waals surface area contributed by atoms with E-state index in [1.165, 1.54) is 51.5 Å². The molecule has 0 aliphatic carbocycles. The lowest BCUT2D eigenvalue weighted by Gasteiger charge is -2.11. The van der Waals surface area contributed by atoms with Gasteiger partial charge in [-0.05, 0) is 48.0 Å². The standard InChI is InChI=1S/C19H19FN2O4/c1-12(23)21-16(19(24)22-15-7-5-14(20)6-8-15)10-13-4-9-17(25-2)18(11-13)26-3/h4-11H,1-3H3,(H,21,23)(H,22,24). The number of rotatable bonds is 6.